The fourth-order valence-corrected chi connectivity index (χ4v) is 4.43. The highest BCUT2D eigenvalue weighted by Gasteiger charge is 2.42. The Hall–Kier alpha value is -3.68. The predicted molar refractivity (Wildman–Crippen MR) is 121 cm³/mol. The summed E-state index contributed by atoms with van der Waals surface area (Å²) < 4.78 is 0. The van der Waals surface area contributed by atoms with Crippen LogP contribution in [0.4, 0.5) is 0 Å². The SMILES string of the molecule is CCNC(=O)C1(Cc2ccccc2-c2ccccc2)CCN(C(=O)c2n[nH]c(=O)[nH]2)CC1. The van der Waals surface area contributed by atoms with E-state index in [1.807, 2.05) is 37.3 Å². The summed E-state index contributed by atoms with van der Waals surface area (Å²) in [7, 11) is 0. The average molecular weight is 434 g/mol. The van der Waals surface area contributed by atoms with Crippen molar-refractivity contribution in [3.05, 3.63) is 76.5 Å². The smallest absolute Gasteiger partial charge is 0.341 e. The standard InChI is InChI=1S/C24H27N5O3/c1-2-25-22(31)24(12-14-29(15-13-24)21(30)20-26-23(32)28-27-20)16-18-10-6-7-11-19(18)17-8-4-3-5-9-17/h3-11H,2,12-16H2,1H3,(H,25,31)(H2,26,27,28,32). The molecule has 8 heteroatoms. The zero-order chi connectivity index (χ0) is 22.6. The Bertz CT molecular complexity index is 1140. The number of carbonyl (C=O) groups excluding carboxylic acids is 2. The summed E-state index contributed by atoms with van der Waals surface area (Å²) in [5.74, 6) is -0.324. The number of carbonyl (C=O) groups is 2. The van der Waals surface area contributed by atoms with Gasteiger partial charge in [-0.15, -0.1) is 5.10 Å². The van der Waals surface area contributed by atoms with Gasteiger partial charge in [-0.25, -0.2) is 9.89 Å². The molecule has 32 heavy (non-hydrogen) atoms. The lowest BCUT2D eigenvalue weighted by atomic mass is 9.72. The Labute approximate surface area is 186 Å². The van der Waals surface area contributed by atoms with Gasteiger partial charge in [0.2, 0.25) is 11.7 Å². The van der Waals surface area contributed by atoms with Gasteiger partial charge >= 0.3 is 5.69 Å². The molecule has 0 spiro atoms. The average Bonchev–Trinajstić information content (AvgIpc) is 3.26. The molecule has 1 aromatic heterocycles. The predicted octanol–water partition coefficient (Wildman–Crippen LogP) is 2.37. The lowest BCUT2D eigenvalue weighted by Gasteiger charge is -2.40. The van der Waals surface area contributed by atoms with Crippen molar-refractivity contribution in [1.29, 1.82) is 0 Å². The molecular weight excluding hydrogens is 406 g/mol. The molecule has 2 amide bonds. The van der Waals surface area contributed by atoms with Gasteiger partial charge in [-0.3, -0.25) is 14.6 Å². The molecule has 2 aromatic carbocycles. The van der Waals surface area contributed by atoms with E-state index in [4.69, 9.17) is 0 Å². The Morgan fingerprint density at radius 2 is 1.75 bits per heavy atom. The molecule has 1 aliphatic rings. The zero-order valence-electron chi connectivity index (χ0n) is 18.1. The van der Waals surface area contributed by atoms with E-state index in [9.17, 15) is 14.4 Å². The summed E-state index contributed by atoms with van der Waals surface area (Å²) in [6, 6.07) is 18.3. The number of hydrogen-bond acceptors (Lipinski definition) is 4. The first-order chi connectivity index (χ1) is 15.5. The number of likely N-dealkylation sites (tertiary alicyclic amines) is 1. The molecule has 0 saturated carbocycles. The van der Waals surface area contributed by atoms with E-state index in [1.165, 1.54) is 0 Å². The number of rotatable bonds is 6. The normalized spacial score (nSPS) is 15.3. The number of piperidine rings is 1. The molecule has 3 aromatic rings. The quantitative estimate of drug-likeness (QED) is 0.554. The van der Waals surface area contributed by atoms with Crippen molar-refractivity contribution in [3.8, 4) is 11.1 Å². The number of nitrogens with zero attached hydrogens (tertiary/aromatic N) is 2. The van der Waals surface area contributed by atoms with Crippen LogP contribution in [-0.4, -0.2) is 51.5 Å². The summed E-state index contributed by atoms with van der Waals surface area (Å²) >= 11 is 0. The van der Waals surface area contributed by atoms with Gasteiger partial charge in [-0.2, -0.15) is 0 Å². The van der Waals surface area contributed by atoms with Gasteiger partial charge in [0.25, 0.3) is 5.91 Å². The summed E-state index contributed by atoms with van der Waals surface area (Å²) in [4.78, 5) is 41.3. The van der Waals surface area contributed by atoms with Gasteiger partial charge in [0.15, 0.2) is 0 Å². The fourth-order valence-electron chi connectivity index (χ4n) is 4.43. The lowest BCUT2D eigenvalue weighted by Crippen LogP contribution is -2.51. The molecule has 0 bridgehead atoms. The number of amides is 2. The number of benzene rings is 2. The summed E-state index contributed by atoms with van der Waals surface area (Å²) in [5.41, 5.74) is 2.21. The van der Waals surface area contributed by atoms with Crippen molar-refractivity contribution >= 4 is 11.8 Å². The van der Waals surface area contributed by atoms with Crippen LogP contribution in [0.25, 0.3) is 11.1 Å². The molecule has 8 nitrogen and oxygen atoms in total. The first-order valence-electron chi connectivity index (χ1n) is 10.9. The monoisotopic (exact) mass is 433 g/mol. The van der Waals surface area contributed by atoms with Crippen LogP contribution in [0, 0.1) is 5.41 Å². The lowest BCUT2D eigenvalue weighted by molar-refractivity contribution is -0.133. The van der Waals surface area contributed by atoms with Crippen LogP contribution in [0.3, 0.4) is 0 Å². The van der Waals surface area contributed by atoms with Crippen molar-refractivity contribution in [2.24, 2.45) is 5.41 Å². The third kappa shape index (κ3) is 4.34. The zero-order valence-corrected chi connectivity index (χ0v) is 18.1. The summed E-state index contributed by atoms with van der Waals surface area (Å²) in [6.07, 6.45) is 1.65. The van der Waals surface area contributed by atoms with Crippen molar-refractivity contribution in [2.45, 2.75) is 26.2 Å². The minimum Gasteiger partial charge on any atom is -0.356 e. The van der Waals surface area contributed by atoms with Gasteiger partial charge in [0.05, 0.1) is 5.41 Å². The van der Waals surface area contributed by atoms with Gasteiger partial charge in [0.1, 0.15) is 0 Å². The third-order valence-corrected chi connectivity index (χ3v) is 6.16. The first kappa shape index (κ1) is 21.5. The third-order valence-electron chi connectivity index (χ3n) is 6.16. The molecular formula is C24H27N5O3. The number of aromatic nitrogens is 3. The summed E-state index contributed by atoms with van der Waals surface area (Å²) in [5, 5.41) is 8.97. The summed E-state index contributed by atoms with van der Waals surface area (Å²) in [6.45, 7) is 3.30. The second kappa shape index (κ2) is 9.21. The maximum atomic E-state index is 13.2. The molecule has 1 saturated heterocycles. The van der Waals surface area contributed by atoms with Gasteiger partial charge in [-0.05, 0) is 42.9 Å². The molecule has 0 atom stereocenters. The molecule has 2 heterocycles. The van der Waals surface area contributed by atoms with Crippen molar-refractivity contribution in [2.75, 3.05) is 19.6 Å². The van der Waals surface area contributed by atoms with Crippen molar-refractivity contribution < 1.29 is 9.59 Å². The topological polar surface area (TPSA) is 111 Å². The number of hydrogen-bond donors (Lipinski definition) is 3. The van der Waals surface area contributed by atoms with Crippen LogP contribution in [0.15, 0.2) is 59.4 Å². The highest BCUT2D eigenvalue weighted by molar-refractivity contribution is 5.91. The number of aromatic amines is 2. The molecule has 3 N–H and O–H groups in total. The second-order valence-electron chi connectivity index (χ2n) is 8.16. The van der Waals surface area contributed by atoms with E-state index in [1.54, 1.807) is 4.90 Å². The molecule has 1 fully saturated rings. The van der Waals surface area contributed by atoms with Crippen LogP contribution < -0.4 is 11.0 Å². The van der Waals surface area contributed by atoms with E-state index in [-0.39, 0.29) is 17.6 Å². The Morgan fingerprint density at radius 3 is 2.41 bits per heavy atom. The number of nitrogens with one attached hydrogen (secondary N) is 3. The van der Waals surface area contributed by atoms with Crippen LogP contribution in [0.1, 0.15) is 35.9 Å². The molecule has 0 unspecified atom stereocenters. The maximum Gasteiger partial charge on any atom is 0.341 e. The second-order valence-corrected chi connectivity index (χ2v) is 8.16. The fraction of sp³-hybridized carbons (Fsp3) is 0.333. The number of H-pyrrole nitrogens is 2. The van der Waals surface area contributed by atoms with Crippen LogP contribution in [0.2, 0.25) is 0 Å². The van der Waals surface area contributed by atoms with E-state index in [0.29, 0.717) is 38.9 Å². The van der Waals surface area contributed by atoms with Crippen molar-refractivity contribution in [3.63, 3.8) is 0 Å². The van der Waals surface area contributed by atoms with Crippen LogP contribution in [-0.2, 0) is 11.2 Å². The highest BCUT2D eigenvalue weighted by Crippen LogP contribution is 2.38. The van der Waals surface area contributed by atoms with E-state index >= 15 is 0 Å². The van der Waals surface area contributed by atoms with Crippen LogP contribution >= 0.6 is 0 Å². The minimum atomic E-state index is -0.614. The maximum absolute atomic E-state index is 13.2. The minimum absolute atomic E-state index is 0.00469. The Morgan fingerprint density at radius 1 is 1.06 bits per heavy atom. The Kier molecular flexibility index (Phi) is 6.20. The molecule has 0 radical (unpaired) electrons. The van der Waals surface area contributed by atoms with Gasteiger partial charge in [-0.1, -0.05) is 54.6 Å². The van der Waals surface area contributed by atoms with Crippen LogP contribution in [0.5, 0.6) is 0 Å². The van der Waals surface area contributed by atoms with E-state index in [2.05, 4.69) is 44.8 Å². The van der Waals surface area contributed by atoms with Crippen molar-refractivity contribution in [1.82, 2.24) is 25.4 Å². The van der Waals surface area contributed by atoms with E-state index < -0.39 is 11.1 Å². The Balaban J connectivity index is 1.59. The van der Waals surface area contributed by atoms with Gasteiger partial charge < -0.3 is 10.2 Å². The first-order valence-corrected chi connectivity index (χ1v) is 10.9. The molecule has 0 aliphatic carbocycles. The largest absolute Gasteiger partial charge is 0.356 e. The highest BCUT2D eigenvalue weighted by atomic mass is 16.2. The molecule has 166 valence electrons. The molecule has 1 aliphatic heterocycles. The van der Waals surface area contributed by atoms with Gasteiger partial charge in [0, 0.05) is 19.6 Å². The van der Waals surface area contributed by atoms with E-state index in [0.717, 1.165) is 16.7 Å². The molecule has 4 rings (SSSR count).